The van der Waals surface area contributed by atoms with Crippen molar-refractivity contribution in [1.29, 1.82) is 0 Å². The molecule has 7 heteroatoms. The van der Waals surface area contributed by atoms with E-state index in [2.05, 4.69) is 9.97 Å². The molecule has 0 fully saturated rings. The predicted molar refractivity (Wildman–Crippen MR) is 77.4 cm³/mol. The smallest absolute Gasteiger partial charge is 0.421 e. The fourth-order valence-electron chi connectivity index (χ4n) is 2.07. The van der Waals surface area contributed by atoms with Gasteiger partial charge in [-0.25, -0.2) is 4.98 Å². The molecule has 0 aliphatic carbocycles. The molecular weight excluding hydrogens is 295 g/mol. The van der Waals surface area contributed by atoms with E-state index >= 15 is 0 Å². The maximum absolute atomic E-state index is 13.2. The van der Waals surface area contributed by atoms with E-state index in [9.17, 15) is 13.2 Å². The van der Waals surface area contributed by atoms with Gasteiger partial charge in [0.05, 0.1) is 6.61 Å². The molecule has 0 N–H and O–H groups in total. The minimum atomic E-state index is -4.54. The molecule has 2 aromatic rings. The fraction of sp³-hybridized carbons (Fsp3) is 0.333. The molecule has 22 heavy (non-hydrogen) atoms. The highest BCUT2D eigenvalue weighted by Crippen LogP contribution is 2.38. The highest BCUT2D eigenvalue weighted by molar-refractivity contribution is 5.65. The van der Waals surface area contributed by atoms with E-state index in [1.54, 1.807) is 19.1 Å². The first-order valence-electron chi connectivity index (χ1n) is 6.71. The standard InChI is InChI=1S/C15H16F3N3O/c1-4-22-14-19-9-11(15(16,17)18)13(20-14)21(3)12-8-6-5-7-10(12)2/h5-9H,4H2,1-3H3. The second kappa shape index (κ2) is 6.21. The summed E-state index contributed by atoms with van der Waals surface area (Å²) in [5.74, 6) is -0.236. The van der Waals surface area contributed by atoms with Crippen LogP contribution in [0.3, 0.4) is 0 Å². The molecule has 0 aliphatic heterocycles. The lowest BCUT2D eigenvalue weighted by Gasteiger charge is -2.23. The average Bonchev–Trinajstić information content (AvgIpc) is 2.46. The second-order valence-corrected chi connectivity index (χ2v) is 4.67. The van der Waals surface area contributed by atoms with E-state index in [0.29, 0.717) is 5.69 Å². The lowest BCUT2D eigenvalue weighted by Crippen LogP contribution is -2.20. The zero-order valence-electron chi connectivity index (χ0n) is 12.5. The molecule has 118 valence electrons. The van der Waals surface area contributed by atoms with Crippen LogP contribution >= 0.6 is 0 Å². The number of aryl methyl sites for hydroxylation is 1. The molecule has 0 saturated heterocycles. The van der Waals surface area contributed by atoms with E-state index in [0.717, 1.165) is 11.8 Å². The lowest BCUT2D eigenvalue weighted by molar-refractivity contribution is -0.137. The summed E-state index contributed by atoms with van der Waals surface area (Å²) in [5.41, 5.74) is 0.575. The van der Waals surface area contributed by atoms with Gasteiger partial charge in [-0.2, -0.15) is 18.2 Å². The van der Waals surface area contributed by atoms with Gasteiger partial charge < -0.3 is 9.64 Å². The van der Waals surface area contributed by atoms with Gasteiger partial charge in [-0.3, -0.25) is 0 Å². The summed E-state index contributed by atoms with van der Waals surface area (Å²) in [5, 5.41) is 0. The Hall–Kier alpha value is -2.31. The van der Waals surface area contributed by atoms with E-state index in [4.69, 9.17) is 4.74 Å². The number of benzene rings is 1. The summed E-state index contributed by atoms with van der Waals surface area (Å²) < 4.78 is 44.7. The van der Waals surface area contributed by atoms with Crippen molar-refractivity contribution in [2.24, 2.45) is 0 Å². The van der Waals surface area contributed by atoms with E-state index in [1.165, 1.54) is 11.9 Å². The minimum absolute atomic E-state index is 0.0778. The number of para-hydroxylation sites is 1. The first-order valence-corrected chi connectivity index (χ1v) is 6.71. The van der Waals surface area contributed by atoms with Crippen molar-refractivity contribution in [3.8, 4) is 6.01 Å². The molecule has 2 rings (SSSR count). The van der Waals surface area contributed by atoms with Gasteiger partial charge in [-0.1, -0.05) is 18.2 Å². The Bertz CT molecular complexity index is 659. The van der Waals surface area contributed by atoms with Crippen molar-refractivity contribution in [3.05, 3.63) is 41.6 Å². The van der Waals surface area contributed by atoms with Gasteiger partial charge >= 0.3 is 12.2 Å². The molecule has 0 radical (unpaired) electrons. The third kappa shape index (κ3) is 3.29. The molecule has 0 bridgehead atoms. The average molecular weight is 311 g/mol. The maximum Gasteiger partial charge on any atom is 0.421 e. The Kier molecular flexibility index (Phi) is 4.54. The number of nitrogens with zero attached hydrogens (tertiary/aromatic N) is 3. The number of anilines is 2. The van der Waals surface area contributed by atoms with Crippen LogP contribution in [0.1, 0.15) is 18.1 Å². The quantitative estimate of drug-likeness (QED) is 0.856. The molecule has 4 nitrogen and oxygen atoms in total. The molecule has 0 spiro atoms. The van der Waals surface area contributed by atoms with Crippen molar-refractivity contribution in [2.75, 3.05) is 18.6 Å². The van der Waals surface area contributed by atoms with Gasteiger partial charge in [0.1, 0.15) is 5.56 Å². The van der Waals surface area contributed by atoms with Crippen LogP contribution < -0.4 is 9.64 Å². The predicted octanol–water partition coefficient (Wildman–Crippen LogP) is 3.97. The molecule has 0 unspecified atom stereocenters. The Morgan fingerprint density at radius 2 is 1.91 bits per heavy atom. The van der Waals surface area contributed by atoms with Gasteiger partial charge in [-0.05, 0) is 25.5 Å². The summed E-state index contributed by atoms with van der Waals surface area (Å²) in [6, 6.07) is 7.06. The zero-order valence-corrected chi connectivity index (χ0v) is 12.5. The molecule has 1 aromatic heterocycles. The van der Waals surface area contributed by atoms with Crippen molar-refractivity contribution < 1.29 is 17.9 Å². The van der Waals surface area contributed by atoms with Gasteiger partial charge in [0.25, 0.3) is 0 Å². The van der Waals surface area contributed by atoms with Crippen molar-refractivity contribution >= 4 is 11.5 Å². The van der Waals surface area contributed by atoms with Crippen LogP contribution in [-0.2, 0) is 6.18 Å². The summed E-state index contributed by atoms with van der Waals surface area (Å²) >= 11 is 0. The molecule has 0 saturated carbocycles. The third-order valence-electron chi connectivity index (χ3n) is 3.12. The zero-order chi connectivity index (χ0) is 16.3. The van der Waals surface area contributed by atoms with Crippen LogP contribution in [0.25, 0.3) is 0 Å². The summed E-state index contributed by atoms with van der Waals surface area (Å²) in [6.07, 6.45) is -3.79. The van der Waals surface area contributed by atoms with Crippen LogP contribution in [0, 0.1) is 6.92 Å². The number of aromatic nitrogens is 2. The SMILES string of the molecule is CCOc1ncc(C(F)(F)F)c(N(C)c2ccccc2C)n1. The Balaban J connectivity index is 2.55. The van der Waals surface area contributed by atoms with Gasteiger partial charge in [0.2, 0.25) is 0 Å². The first kappa shape index (κ1) is 16.1. The minimum Gasteiger partial charge on any atom is -0.464 e. The van der Waals surface area contributed by atoms with Crippen molar-refractivity contribution in [3.63, 3.8) is 0 Å². The number of ether oxygens (including phenoxy) is 1. The van der Waals surface area contributed by atoms with E-state index in [1.807, 2.05) is 19.1 Å². The highest BCUT2D eigenvalue weighted by Gasteiger charge is 2.36. The number of hydrogen-bond donors (Lipinski definition) is 0. The monoisotopic (exact) mass is 311 g/mol. The molecule has 0 atom stereocenters. The lowest BCUT2D eigenvalue weighted by atomic mass is 10.1. The third-order valence-corrected chi connectivity index (χ3v) is 3.12. The van der Waals surface area contributed by atoms with E-state index in [-0.39, 0.29) is 18.4 Å². The van der Waals surface area contributed by atoms with Gasteiger partial charge in [0, 0.05) is 18.9 Å². The van der Waals surface area contributed by atoms with Crippen LogP contribution in [-0.4, -0.2) is 23.6 Å². The summed E-state index contributed by atoms with van der Waals surface area (Å²) in [7, 11) is 1.54. The molecule has 1 aromatic carbocycles. The number of hydrogen-bond acceptors (Lipinski definition) is 4. The largest absolute Gasteiger partial charge is 0.464 e. The first-order chi connectivity index (χ1) is 10.3. The van der Waals surface area contributed by atoms with Crippen LogP contribution in [0.4, 0.5) is 24.7 Å². The number of halogens is 3. The maximum atomic E-state index is 13.2. The van der Waals surface area contributed by atoms with E-state index < -0.39 is 11.7 Å². The number of alkyl halides is 3. The Morgan fingerprint density at radius 3 is 2.50 bits per heavy atom. The fourth-order valence-corrected chi connectivity index (χ4v) is 2.07. The molecule has 0 aliphatic rings. The van der Waals surface area contributed by atoms with Crippen LogP contribution in [0.2, 0.25) is 0 Å². The molecule has 1 heterocycles. The topological polar surface area (TPSA) is 38.2 Å². The van der Waals surface area contributed by atoms with Crippen molar-refractivity contribution in [2.45, 2.75) is 20.0 Å². The normalized spacial score (nSPS) is 11.4. The van der Waals surface area contributed by atoms with Crippen LogP contribution in [0.5, 0.6) is 6.01 Å². The van der Waals surface area contributed by atoms with Crippen LogP contribution in [0.15, 0.2) is 30.5 Å². The second-order valence-electron chi connectivity index (χ2n) is 4.67. The molecule has 0 amide bonds. The van der Waals surface area contributed by atoms with Gasteiger partial charge in [-0.15, -0.1) is 0 Å². The summed E-state index contributed by atoms with van der Waals surface area (Å²) in [6.45, 7) is 3.81. The van der Waals surface area contributed by atoms with Crippen molar-refractivity contribution in [1.82, 2.24) is 9.97 Å². The Morgan fingerprint density at radius 1 is 1.23 bits per heavy atom. The van der Waals surface area contributed by atoms with Gasteiger partial charge in [0.15, 0.2) is 5.82 Å². The Labute approximate surface area is 126 Å². The number of rotatable bonds is 4. The highest BCUT2D eigenvalue weighted by atomic mass is 19.4. The summed E-state index contributed by atoms with van der Waals surface area (Å²) in [4.78, 5) is 8.92. The molecular formula is C15H16F3N3O.